The number of pyridine rings is 1. The molecule has 3 N–H and O–H groups in total. The number of nitrogens with zero attached hydrogens (tertiary/aromatic N) is 3. The number of aromatic amines is 1. The third-order valence-electron chi connectivity index (χ3n) is 6.36. The average Bonchev–Trinajstić information content (AvgIpc) is 3.36. The fourth-order valence-corrected chi connectivity index (χ4v) is 4.92. The topological polar surface area (TPSA) is 99.2 Å². The van der Waals surface area contributed by atoms with Gasteiger partial charge in [-0.2, -0.15) is 5.10 Å². The second kappa shape index (κ2) is 7.76. The highest BCUT2D eigenvalue weighted by Crippen LogP contribution is 2.43. The van der Waals surface area contributed by atoms with Crippen molar-refractivity contribution in [1.29, 1.82) is 5.41 Å². The van der Waals surface area contributed by atoms with Gasteiger partial charge in [-0.15, -0.1) is 0 Å². The van der Waals surface area contributed by atoms with E-state index in [-0.39, 0.29) is 6.04 Å². The van der Waals surface area contributed by atoms with Gasteiger partial charge in [-0.1, -0.05) is 0 Å². The van der Waals surface area contributed by atoms with Crippen LogP contribution in [0.25, 0.3) is 0 Å². The zero-order chi connectivity index (χ0) is 19.8. The fraction of sp³-hybridized carbons (Fsp3) is 0.571. The standard InChI is InChI=1S/C21H28N6O2/c1-13-12-28-7-6-27(13)20-10-17(14-8-15-2-3-16(9-14)29-15)18(11-22)21(25-20)24-19-4-5-23-26-19/h4-5,10-11,13-16,22H,2-3,6-9,12H2,1H3,(H2,23,24,25,26). The van der Waals surface area contributed by atoms with Crippen molar-refractivity contribution in [2.75, 3.05) is 30.0 Å². The van der Waals surface area contributed by atoms with E-state index in [0.717, 1.165) is 43.6 Å². The van der Waals surface area contributed by atoms with Gasteiger partial charge in [0.25, 0.3) is 0 Å². The molecule has 2 aromatic rings. The number of aromatic nitrogens is 3. The number of morpholine rings is 1. The van der Waals surface area contributed by atoms with E-state index >= 15 is 0 Å². The quantitative estimate of drug-likeness (QED) is 0.671. The molecular formula is C21H28N6O2. The summed E-state index contributed by atoms with van der Waals surface area (Å²) in [6, 6.07) is 4.33. The molecule has 0 amide bonds. The van der Waals surface area contributed by atoms with Crippen LogP contribution in [0.5, 0.6) is 0 Å². The molecule has 29 heavy (non-hydrogen) atoms. The van der Waals surface area contributed by atoms with E-state index in [2.05, 4.69) is 33.4 Å². The lowest BCUT2D eigenvalue weighted by atomic mass is 9.86. The molecular weight excluding hydrogens is 368 g/mol. The van der Waals surface area contributed by atoms with Crippen molar-refractivity contribution in [2.45, 2.75) is 56.8 Å². The van der Waals surface area contributed by atoms with Gasteiger partial charge in [0, 0.05) is 30.6 Å². The molecule has 8 nitrogen and oxygen atoms in total. The van der Waals surface area contributed by atoms with Gasteiger partial charge in [-0.3, -0.25) is 5.10 Å². The van der Waals surface area contributed by atoms with Crippen molar-refractivity contribution < 1.29 is 9.47 Å². The highest BCUT2D eigenvalue weighted by molar-refractivity contribution is 5.89. The largest absolute Gasteiger partial charge is 0.377 e. The molecule has 0 radical (unpaired) electrons. The van der Waals surface area contributed by atoms with Crippen LogP contribution in [0.2, 0.25) is 0 Å². The van der Waals surface area contributed by atoms with Gasteiger partial charge in [0.05, 0.1) is 31.5 Å². The molecule has 3 saturated heterocycles. The minimum atomic E-state index is 0.263. The summed E-state index contributed by atoms with van der Waals surface area (Å²) in [5, 5.41) is 18.5. The van der Waals surface area contributed by atoms with Gasteiger partial charge in [0.1, 0.15) is 11.6 Å². The van der Waals surface area contributed by atoms with E-state index in [1.54, 1.807) is 6.20 Å². The number of hydrogen-bond donors (Lipinski definition) is 3. The van der Waals surface area contributed by atoms with Gasteiger partial charge in [-0.25, -0.2) is 4.98 Å². The smallest absolute Gasteiger partial charge is 0.153 e. The van der Waals surface area contributed by atoms with Gasteiger partial charge >= 0.3 is 0 Å². The molecule has 8 heteroatoms. The van der Waals surface area contributed by atoms with Gasteiger partial charge in [0.15, 0.2) is 5.82 Å². The first kappa shape index (κ1) is 18.6. The molecule has 5 rings (SSSR count). The summed E-state index contributed by atoms with van der Waals surface area (Å²) in [6.07, 6.45) is 8.23. The Balaban J connectivity index is 1.57. The van der Waals surface area contributed by atoms with Crippen molar-refractivity contribution in [3.8, 4) is 0 Å². The minimum Gasteiger partial charge on any atom is -0.377 e. The first-order valence-corrected chi connectivity index (χ1v) is 10.5. The number of H-pyrrole nitrogens is 1. The van der Waals surface area contributed by atoms with Gasteiger partial charge in [-0.05, 0) is 50.2 Å². The molecule has 3 atom stereocenters. The Labute approximate surface area is 170 Å². The predicted molar refractivity (Wildman–Crippen MR) is 111 cm³/mol. The zero-order valence-electron chi connectivity index (χ0n) is 16.7. The van der Waals surface area contributed by atoms with E-state index in [1.807, 2.05) is 6.07 Å². The van der Waals surface area contributed by atoms with Crippen LogP contribution in [-0.4, -0.2) is 59.4 Å². The Morgan fingerprint density at radius 1 is 1.31 bits per heavy atom. The van der Waals surface area contributed by atoms with Crippen LogP contribution in [0.15, 0.2) is 18.3 Å². The molecule has 2 bridgehead atoms. The SMILES string of the molecule is CC1COCCN1c1cc(C2CC3CCC(C2)O3)c(C=N)c(Nc2cc[nH]n2)n1. The number of hydrogen-bond acceptors (Lipinski definition) is 7. The van der Waals surface area contributed by atoms with E-state index in [4.69, 9.17) is 19.9 Å². The van der Waals surface area contributed by atoms with Crippen molar-refractivity contribution in [3.05, 3.63) is 29.5 Å². The maximum Gasteiger partial charge on any atom is 0.153 e. The van der Waals surface area contributed by atoms with Crippen molar-refractivity contribution in [3.63, 3.8) is 0 Å². The molecule has 3 unspecified atom stereocenters. The van der Waals surface area contributed by atoms with E-state index in [9.17, 15) is 0 Å². The van der Waals surface area contributed by atoms with E-state index in [1.165, 1.54) is 11.8 Å². The maximum absolute atomic E-state index is 8.15. The molecule has 0 saturated carbocycles. The van der Waals surface area contributed by atoms with Crippen LogP contribution in [0.1, 0.15) is 49.7 Å². The van der Waals surface area contributed by atoms with Crippen molar-refractivity contribution in [1.82, 2.24) is 15.2 Å². The number of rotatable bonds is 5. The third kappa shape index (κ3) is 3.62. The Kier molecular flexibility index (Phi) is 4.97. The number of ether oxygens (including phenoxy) is 2. The molecule has 154 valence electrons. The summed E-state index contributed by atoms with van der Waals surface area (Å²) in [5.74, 6) is 2.72. The average molecular weight is 396 g/mol. The molecule has 0 aromatic carbocycles. The fourth-order valence-electron chi connectivity index (χ4n) is 4.92. The van der Waals surface area contributed by atoms with Crippen LogP contribution >= 0.6 is 0 Å². The number of anilines is 3. The van der Waals surface area contributed by atoms with Gasteiger partial charge in [0.2, 0.25) is 0 Å². The van der Waals surface area contributed by atoms with Gasteiger partial charge < -0.3 is 25.1 Å². The van der Waals surface area contributed by atoms with Crippen LogP contribution in [0.4, 0.5) is 17.5 Å². The summed E-state index contributed by atoms with van der Waals surface area (Å²) >= 11 is 0. The molecule has 5 heterocycles. The minimum absolute atomic E-state index is 0.263. The summed E-state index contributed by atoms with van der Waals surface area (Å²) in [7, 11) is 0. The Bertz CT molecular complexity index is 858. The van der Waals surface area contributed by atoms with E-state index < -0.39 is 0 Å². The zero-order valence-corrected chi connectivity index (χ0v) is 16.7. The molecule has 3 fully saturated rings. The lowest BCUT2D eigenvalue weighted by Gasteiger charge is -2.36. The first-order valence-electron chi connectivity index (χ1n) is 10.5. The lowest BCUT2D eigenvalue weighted by molar-refractivity contribution is -0.00381. The van der Waals surface area contributed by atoms with Crippen molar-refractivity contribution in [2.24, 2.45) is 0 Å². The highest BCUT2D eigenvalue weighted by atomic mass is 16.5. The Morgan fingerprint density at radius 2 is 2.14 bits per heavy atom. The highest BCUT2D eigenvalue weighted by Gasteiger charge is 2.37. The summed E-state index contributed by atoms with van der Waals surface area (Å²) in [6.45, 7) is 4.39. The van der Waals surface area contributed by atoms with Crippen LogP contribution in [-0.2, 0) is 9.47 Å². The molecule has 3 aliphatic rings. The second-order valence-corrected chi connectivity index (χ2v) is 8.30. The summed E-state index contributed by atoms with van der Waals surface area (Å²) in [5.41, 5.74) is 2.05. The van der Waals surface area contributed by atoms with Crippen LogP contribution < -0.4 is 10.2 Å². The van der Waals surface area contributed by atoms with E-state index in [0.29, 0.717) is 43.0 Å². The predicted octanol–water partition coefficient (Wildman–Crippen LogP) is 3.20. The Morgan fingerprint density at radius 3 is 2.83 bits per heavy atom. The number of nitrogens with one attached hydrogen (secondary N) is 3. The Hall–Kier alpha value is -2.45. The third-order valence-corrected chi connectivity index (χ3v) is 6.36. The van der Waals surface area contributed by atoms with Crippen LogP contribution in [0.3, 0.4) is 0 Å². The number of fused-ring (bicyclic) bond motifs is 2. The second-order valence-electron chi connectivity index (χ2n) is 8.30. The molecule has 2 aromatic heterocycles. The maximum atomic E-state index is 8.15. The first-order chi connectivity index (χ1) is 14.2. The normalized spacial score (nSPS) is 29.1. The summed E-state index contributed by atoms with van der Waals surface area (Å²) in [4.78, 5) is 7.23. The molecule has 0 aliphatic carbocycles. The monoisotopic (exact) mass is 396 g/mol. The van der Waals surface area contributed by atoms with Crippen LogP contribution in [0, 0.1) is 5.41 Å². The van der Waals surface area contributed by atoms with Crippen molar-refractivity contribution >= 4 is 23.7 Å². The molecule has 3 aliphatic heterocycles. The molecule has 0 spiro atoms. The summed E-state index contributed by atoms with van der Waals surface area (Å²) < 4.78 is 11.7. The lowest BCUT2D eigenvalue weighted by Crippen LogP contribution is -2.44.